The Hall–Kier alpha value is -3.27. The molecule has 0 saturated heterocycles. The van der Waals surface area contributed by atoms with Gasteiger partial charge in [-0.25, -0.2) is 9.50 Å². The molecule has 0 aromatic carbocycles. The van der Waals surface area contributed by atoms with Crippen LogP contribution in [0.15, 0.2) is 43.0 Å². The molecule has 0 spiro atoms. The zero-order valence-corrected chi connectivity index (χ0v) is 15.6. The molecule has 8 nitrogen and oxygen atoms in total. The molecule has 1 aliphatic heterocycles. The van der Waals surface area contributed by atoms with E-state index in [0.29, 0.717) is 39.6 Å². The van der Waals surface area contributed by atoms with Crippen LogP contribution in [0.2, 0.25) is 5.02 Å². The van der Waals surface area contributed by atoms with E-state index in [9.17, 15) is 13.6 Å². The number of hydrogen-bond donors (Lipinski definition) is 1. The van der Waals surface area contributed by atoms with Crippen LogP contribution in [0.1, 0.15) is 40.2 Å². The summed E-state index contributed by atoms with van der Waals surface area (Å²) < 4.78 is 28.6. The third kappa shape index (κ3) is 2.79. The van der Waals surface area contributed by atoms with Crippen LogP contribution in [0.5, 0.6) is 0 Å². The molecule has 1 atom stereocenters. The Morgan fingerprint density at radius 1 is 1.34 bits per heavy atom. The smallest absolute Gasteiger partial charge is 0.333 e. The SMILES string of the molecule is O=C(c1ccnn1C(F)F)N1CCc2[nH]cnc2[C@H]1c1cc2c(Cl)cccn2n1. The number of carbonyl (C=O) groups excluding carboxylic acids is 1. The van der Waals surface area contributed by atoms with Gasteiger partial charge in [0.05, 0.1) is 28.3 Å². The Labute approximate surface area is 167 Å². The molecular formula is C18H14ClF2N7O. The van der Waals surface area contributed by atoms with Gasteiger partial charge in [0.25, 0.3) is 5.91 Å². The first-order valence-corrected chi connectivity index (χ1v) is 9.21. The topological polar surface area (TPSA) is 84.1 Å². The number of nitrogens with one attached hydrogen (secondary N) is 1. The van der Waals surface area contributed by atoms with Gasteiger partial charge in [-0.2, -0.15) is 23.7 Å². The molecule has 29 heavy (non-hydrogen) atoms. The number of aromatic amines is 1. The molecule has 0 unspecified atom stereocenters. The average Bonchev–Trinajstić information content (AvgIpc) is 3.44. The standard InChI is InChI=1S/C18H14ClF2N7O/c19-10-2-1-6-27-14(10)8-12(25-27)16-15-11(22-9-23-15)4-7-26(16)17(29)13-3-5-24-28(13)18(20)21/h1-3,5-6,8-9,16,18H,4,7H2,(H,22,23)/t16-/m1/s1. The average molecular weight is 418 g/mol. The zero-order chi connectivity index (χ0) is 20.1. The summed E-state index contributed by atoms with van der Waals surface area (Å²) in [6, 6.07) is 5.92. The molecular weight excluding hydrogens is 404 g/mol. The summed E-state index contributed by atoms with van der Waals surface area (Å²) in [7, 11) is 0. The first kappa shape index (κ1) is 17.8. The maximum absolute atomic E-state index is 13.3. The molecule has 0 fully saturated rings. The van der Waals surface area contributed by atoms with E-state index in [0.717, 1.165) is 5.69 Å². The normalized spacial score (nSPS) is 16.6. The van der Waals surface area contributed by atoms with E-state index >= 15 is 0 Å². The van der Waals surface area contributed by atoms with Crippen molar-refractivity contribution in [2.45, 2.75) is 19.0 Å². The number of halogens is 3. The molecule has 0 radical (unpaired) electrons. The van der Waals surface area contributed by atoms with Crippen LogP contribution >= 0.6 is 11.6 Å². The summed E-state index contributed by atoms with van der Waals surface area (Å²) in [5.41, 5.74) is 2.54. The third-order valence-corrected chi connectivity index (χ3v) is 5.33. The van der Waals surface area contributed by atoms with Crippen LogP contribution in [0.3, 0.4) is 0 Å². The minimum Gasteiger partial charge on any atom is -0.348 e. The number of carbonyl (C=O) groups is 1. The van der Waals surface area contributed by atoms with E-state index in [-0.39, 0.29) is 5.69 Å². The maximum Gasteiger partial charge on any atom is 0.333 e. The molecule has 148 valence electrons. The van der Waals surface area contributed by atoms with Gasteiger partial charge in [-0.3, -0.25) is 4.79 Å². The molecule has 5 rings (SSSR count). The largest absolute Gasteiger partial charge is 0.348 e. The van der Waals surface area contributed by atoms with Crippen molar-refractivity contribution in [2.75, 3.05) is 6.54 Å². The van der Waals surface area contributed by atoms with Crippen molar-refractivity contribution in [3.8, 4) is 0 Å². The van der Waals surface area contributed by atoms with E-state index in [2.05, 4.69) is 20.2 Å². The lowest BCUT2D eigenvalue weighted by atomic mass is 9.99. The molecule has 0 saturated carbocycles. The Balaban J connectivity index is 1.63. The second kappa shape index (κ2) is 6.66. The number of alkyl halides is 2. The molecule has 4 aromatic rings. The molecule has 0 bridgehead atoms. The van der Waals surface area contributed by atoms with Crippen LogP contribution < -0.4 is 0 Å². The van der Waals surface area contributed by atoms with Crippen molar-refractivity contribution in [3.05, 3.63) is 70.8 Å². The van der Waals surface area contributed by atoms with E-state index in [1.54, 1.807) is 35.2 Å². The lowest BCUT2D eigenvalue weighted by Gasteiger charge is -2.33. The van der Waals surface area contributed by atoms with Crippen molar-refractivity contribution in [3.63, 3.8) is 0 Å². The Morgan fingerprint density at radius 3 is 3.00 bits per heavy atom. The van der Waals surface area contributed by atoms with Crippen LogP contribution in [0, 0.1) is 0 Å². The molecule has 1 N–H and O–H groups in total. The number of fused-ring (bicyclic) bond motifs is 2. The first-order valence-electron chi connectivity index (χ1n) is 8.83. The quantitative estimate of drug-likeness (QED) is 0.555. The molecule has 1 amide bonds. The Bertz CT molecular complexity index is 1210. The minimum absolute atomic E-state index is 0.189. The fourth-order valence-corrected chi connectivity index (χ4v) is 3.93. The van der Waals surface area contributed by atoms with Gasteiger partial charge >= 0.3 is 6.55 Å². The highest BCUT2D eigenvalue weighted by Crippen LogP contribution is 2.35. The molecule has 11 heteroatoms. The number of pyridine rings is 1. The lowest BCUT2D eigenvalue weighted by Crippen LogP contribution is -2.41. The zero-order valence-electron chi connectivity index (χ0n) is 14.8. The molecule has 4 aromatic heterocycles. The van der Waals surface area contributed by atoms with Crippen LogP contribution in [0.4, 0.5) is 8.78 Å². The fourth-order valence-electron chi connectivity index (χ4n) is 3.71. The predicted molar refractivity (Wildman–Crippen MR) is 98.9 cm³/mol. The number of imidazole rings is 1. The Morgan fingerprint density at radius 2 is 2.21 bits per heavy atom. The molecule has 5 heterocycles. The maximum atomic E-state index is 13.3. The predicted octanol–water partition coefficient (Wildman–Crippen LogP) is 3.09. The van der Waals surface area contributed by atoms with Gasteiger partial charge in [-0.1, -0.05) is 11.6 Å². The highest BCUT2D eigenvalue weighted by Gasteiger charge is 2.37. The second-order valence-electron chi connectivity index (χ2n) is 6.61. The van der Waals surface area contributed by atoms with E-state index in [4.69, 9.17) is 11.6 Å². The summed E-state index contributed by atoms with van der Waals surface area (Å²) in [5.74, 6) is -0.565. The molecule has 1 aliphatic rings. The van der Waals surface area contributed by atoms with E-state index < -0.39 is 18.5 Å². The number of rotatable bonds is 3. The van der Waals surface area contributed by atoms with Crippen LogP contribution in [-0.4, -0.2) is 46.7 Å². The van der Waals surface area contributed by atoms with Crippen molar-refractivity contribution in [2.24, 2.45) is 0 Å². The molecule has 0 aliphatic carbocycles. The van der Waals surface area contributed by atoms with Crippen molar-refractivity contribution in [1.82, 2.24) is 34.3 Å². The number of H-pyrrole nitrogens is 1. The van der Waals surface area contributed by atoms with Gasteiger partial charge in [0, 0.05) is 31.1 Å². The monoisotopic (exact) mass is 417 g/mol. The van der Waals surface area contributed by atoms with E-state index in [1.807, 2.05) is 0 Å². The highest BCUT2D eigenvalue weighted by molar-refractivity contribution is 6.33. The van der Waals surface area contributed by atoms with Gasteiger partial charge in [-0.05, 0) is 24.3 Å². The van der Waals surface area contributed by atoms with Crippen LogP contribution in [0.25, 0.3) is 5.52 Å². The van der Waals surface area contributed by atoms with Gasteiger partial charge in [0.2, 0.25) is 0 Å². The first-order chi connectivity index (χ1) is 14.0. The summed E-state index contributed by atoms with van der Waals surface area (Å²) in [6.45, 7) is -2.60. The van der Waals surface area contributed by atoms with Crippen molar-refractivity contribution < 1.29 is 13.6 Å². The Kier molecular flexibility index (Phi) is 4.09. The third-order valence-electron chi connectivity index (χ3n) is 5.01. The van der Waals surface area contributed by atoms with Gasteiger partial charge in [-0.15, -0.1) is 0 Å². The highest BCUT2D eigenvalue weighted by atomic mass is 35.5. The number of amides is 1. The summed E-state index contributed by atoms with van der Waals surface area (Å²) >= 11 is 6.27. The second-order valence-corrected chi connectivity index (χ2v) is 7.02. The summed E-state index contributed by atoms with van der Waals surface area (Å²) in [4.78, 5) is 22.2. The van der Waals surface area contributed by atoms with Gasteiger partial charge in [0.1, 0.15) is 11.7 Å². The number of nitrogens with zero attached hydrogens (tertiary/aromatic N) is 6. The van der Waals surface area contributed by atoms with Crippen molar-refractivity contribution >= 4 is 23.0 Å². The summed E-state index contributed by atoms with van der Waals surface area (Å²) in [5, 5.41) is 8.64. The van der Waals surface area contributed by atoms with Gasteiger partial charge < -0.3 is 9.88 Å². The fraction of sp³-hybridized carbons (Fsp3) is 0.222. The van der Waals surface area contributed by atoms with Gasteiger partial charge in [0.15, 0.2) is 0 Å². The van der Waals surface area contributed by atoms with Crippen LogP contribution in [-0.2, 0) is 6.42 Å². The van der Waals surface area contributed by atoms with Crippen molar-refractivity contribution in [1.29, 1.82) is 0 Å². The van der Waals surface area contributed by atoms with E-state index in [1.165, 1.54) is 17.2 Å². The minimum atomic E-state index is -2.91. The number of aromatic nitrogens is 6. The lowest BCUT2D eigenvalue weighted by molar-refractivity contribution is 0.0441. The number of hydrogen-bond acceptors (Lipinski definition) is 4. The summed E-state index contributed by atoms with van der Waals surface area (Å²) in [6.07, 6.45) is 5.01.